The highest BCUT2D eigenvalue weighted by atomic mass is 19.1. The van der Waals surface area contributed by atoms with Crippen LogP contribution in [0.1, 0.15) is 30.4 Å². The molecule has 1 aromatic heterocycles. The van der Waals surface area contributed by atoms with Crippen LogP contribution in [-0.2, 0) is 6.42 Å². The van der Waals surface area contributed by atoms with Gasteiger partial charge in [0.25, 0.3) is 0 Å². The Morgan fingerprint density at radius 2 is 1.84 bits per heavy atom. The van der Waals surface area contributed by atoms with E-state index in [2.05, 4.69) is 16.4 Å². The molecule has 2 atom stereocenters. The Bertz CT molecular complexity index is 1130. The van der Waals surface area contributed by atoms with Gasteiger partial charge in [0, 0.05) is 30.5 Å². The molecule has 2 unspecified atom stereocenters. The normalized spacial score (nSPS) is 19.5. The second-order valence-electron chi connectivity index (χ2n) is 8.50. The van der Waals surface area contributed by atoms with E-state index in [0.717, 1.165) is 47.9 Å². The number of fused-ring (bicyclic) bond motifs is 2. The highest BCUT2D eigenvalue weighted by Gasteiger charge is 2.39. The van der Waals surface area contributed by atoms with Crippen LogP contribution >= 0.6 is 0 Å². The van der Waals surface area contributed by atoms with Crippen LogP contribution in [0.5, 0.6) is 0 Å². The van der Waals surface area contributed by atoms with Crippen LogP contribution in [0.25, 0.3) is 16.7 Å². The smallest absolute Gasteiger partial charge is 0.318 e. The lowest BCUT2D eigenvalue weighted by molar-refractivity contribution is 0.180. The minimum absolute atomic E-state index is 0.00698. The average molecular weight is 428 g/mol. The number of hydrogen-bond acceptors (Lipinski definition) is 2. The first kappa shape index (κ1) is 20.4. The third-order valence-electron chi connectivity index (χ3n) is 6.49. The Morgan fingerprint density at radius 1 is 1.03 bits per heavy atom. The van der Waals surface area contributed by atoms with Crippen molar-refractivity contribution in [2.24, 2.45) is 0 Å². The number of rotatable bonds is 5. The van der Waals surface area contributed by atoms with Crippen LogP contribution in [0.2, 0.25) is 0 Å². The topological polar surface area (TPSA) is 45.2 Å². The Morgan fingerprint density at radius 3 is 2.59 bits per heavy atom. The third-order valence-corrected chi connectivity index (χ3v) is 6.49. The van der Waals surface area contributed by atoms with Gasteiger partial charge in [-0.25, -0.2) is 9.18 Å². The van der Waals surface area contributed by atoms with Gasteiger partial charge in [-0.05, 0) is 66.1 Å². The number of aromatic nitrogens is 1. The lowest BCUT2D eigenvalue weighted by Gasteiger charge is -2.34. The van der Waals surface area contributed by atoms with Gasteiger partial charge in [0.2, 0.25) is 0 Å². The van der Waals surface area contributed by atoms with Crippen LogP contribution in [0, 0.1) is 5.82 Å². The number of hydrogen-bond donors (Lipinski definition) is 1. The SMILES string of the molecule is O=C(NCCc1ccncc1)N1C2C=C(c3ccc(-c4ccccc4)c(F)c3)CC1CC2. The van der Waals surface area contributed by atoms with E-state index in [1.54, 1.807) is 18.5 Å². The van der Waals surface area contributed by atoms with Crippen LogP contribution in [0.3, 0.4) is 0 Å². The van der Waals surface area contributed by atoms with Crippen LogP contribution < -0.4 is 5.32 Å². The van der Waals surface area contributed by atoms with Crippen molar-refractivity contribution >= 4 is 11.6 Å². The van der Waals surface area contributed by atoms with Crippen molar-refractivity contribution in [3.05, 3.63) is 96.1 Å². The first-order chi connectivity index (χ1) is 15.7. The fourth-order valence-corrected chi connectivity index (χ4v) is 4.88. The van der Waals surface area contributed by atoms with Crippen molar-refractivity contribution in [3.63, 3.8) is 0 Å². The largest absolute Gasteiger partial charge is 0.338 e. The van der Waals surface area contributed by atoms with Crippen molar-refractivity contribution in [2.75, 3.05) is 6.54 Å². The quantitative estimate of drug-likeness (QED) is 0.588. The fourth-order valence-electron chi connectivity index (χ4n) is 4.88. The zero-order valence-corrected chi connectivity index (χ0v) is 17.9. The maximum absolute atomic E-state index is 14.9. The van der Waals surface area contributed by atoms with Gasteiger partial charge in [-0.2, -0.15) is 0 Å². The lowest BCUT2D eigenvalue weighted by Crippen LogP contribution is -2.48. The van der Waals surface area contributed by atoms with Crippen LogP contribution in [-0.4, -0.2) is 34.5 Å². The second-order valence-corrected chi connectivity index (χ2v) is 8.50. The molecule has 2 bridgehead atoms. The van der Waals surface area contributed by atoms with E-state index >= 15 is 0 Å². The minimum Gasteiger partial charge on any atom is -0.338 e. The summed E-state index contributed by atoms with van der Waals surface area (Å²) in [6.45, 7) is 0.599. The summed E-state index contributed by atoms with van der Waals surface area (Å²) >= 11 is 0. The van der Waals surface area contributed by atoms with E-state index in [1.807, 2.05) is 59.5 Å². The summed E-state index contributed by atoms with van der Waals surface area (Å²) in [4.78, 5) is 18.9. The summed E-state index contributed by atoms with van der Waals surface area (Å²) < 4.78 is 14.9. The number of pyridine rings is 1. The summed E-state index contributed by atoms with van der Waals surface area (Å²) in [5, 5.41) is 3.07. The number of urea groups is 1. The van der Waals surface area contributed by atoms with E-state index in [1.165, 1.54) is 0 Å². The molecule has 162 valence electrons. The van der Waals surface area contributed by atoms with Gasteiger partial charge in [0.1, 0.15) is 5.82 Å². The molecule has 32 heavy (non-hydrogen) atoms. The molecule has 5 heteroatoms. The second kappa shape index (κ2) is 8.95. The Balaban J connectivity index is 1.27. The summed E-state index contributed by atoms with van der Waals surface area (Å²) in [6, 6.07) is 19.3. The summed E-state index contributed by atoms with van der Waals surface area (Å²) in [5.74, 6) is -0.210. The summed E-state index contributed by atoms with van der Waals surface area (Å²) in [7, 11) is 0. The lowest BCUT2D eigenvalue weighted by atomic mass is 9.93. The molecule has 1 N–H and O–H groups in total. The number of nitrogens with one attached hydrogen (secondary N) is 1. The highest BCUT2D eigenvalue weighted by Crippen LogP contribution is 2.39. The standard InChI is InChI=1S/C27H26FN3O/c28-26-18-21(6-9-25(26)20-4-2-1-3-5-20)22-16-23-7-8-24(17-22)31(23)27(32)30-15-12-19-10-13-29-14-11-19/h1-6,9-11,13-14,16,18,23-24H,7-8,12,15,17H2,(H,30,32). The first-order valence-electron chi connectivity index (χ1n) is 11.2. The number of carbonyl (C=O) groups excluding carboxylic acids is 1. The van der Waals surface area contributed by atoms with Crippen molar-refractivity contribution in [1.29, 1.82) is 0 Å². The van der Waals surface area contributed by atoms with Crippen molar-refractivity contribution in [1.82, 2.24) is 15.2 Å². The van der Waals surface area contributed by atoms with Gasteiger partial charge < -0.3 is 10.2 Å². The van der Waals surface area contributed by atoms with Gasteiger partial charge in [0.15, 0.2) is 0 Å². The number of carbonyl (C=O) groups is 1. The molecular weight excluding hydrogens is 401 g/mol. The number of nitrogens with zero attached hydrogens (tertiary/aromatic N) is 2. The molecule has 1 saturated heterocycles. The van der Waals surface area contributed by atoms with Gasteiger partial charge in [-0.3, -0.25) is 4.98 Å². The summed E-state index contributed by atoms with van der Waals surface area (Å²) in [5.41, 5.74) is 4.70. The minimum atomic E-state index is -0.210. The van der Waals surface area contributed by atoms with E-state index < -0.39 is 0 Å². The molecule has 2 aliphatic heterocycles. The zero-order valence-electron chi connectivity index (χ0n) is 17.9. The first-order valence-corrected chi connectivity index (χ1v) is 11.2. The molecule has 0 radical (unpaired) electrons. The molecule has 2 amide bonds. The molecule has 3 aromatic rings. The molecule has 1 fully saturated rings. The molecule has 2 aromatic carbocycles. The number of amides is 2. The molecule has 0 aliphatic carbocycles. The van der Waals surface area contributed by atoms with E-state index in [-0.39, 0.29) is 23.9 Å². The predicted molar refractivity (Wildman–Crippen MR) is 124 cm³/mol. The molecule has 5 rings (SSSR count). The number of halogens is 1. The Labute approximate surface area is 187 Å². The van der Waals surface area contributed by atoms with Crippen LogP contribution in [0.15, 0.2) is 79.1 Å². The van der Waals surface area contributed by atoms with Gasteiger partial charge >= 0.3 is 6.03 Å². The summed E-state index contributed by atoms with van der Waals surface area (Å²) in [6.07, 6.45) is 9.17. The molecule has 0 saturated carbocycles. The van der Waals surface area contributed by atoms with E-state index in [4.69, 9.17) is 0 Å². The number of benzene rings is 2. The van der Waals surface area contributed by atoms with Crippen molar-refractivity contribution in [2.45, 2.75) is 37.8 Å². The fraction of sp³-hybridized carbons (Fsp3) is 0.259. The maximum Gasteiger partial charge on any atom is 0.318 e. The Kier molecular flexibility index (Phi) is 5.71. The molecular formula is C27H26FN3O. The monoisotopic (exact) mass is 427 g/mol. The van der Waals surface area contributed by atoms with Crippen molar-refractivity contribution < 1.29 is 9.18 Å². The van der Waals surface area contributed by atoms with E-state index in [9.17, 15) is 9.18 Å². The average Bonchev–Trinajstić information content (AvgIpc) is 3.09. The molecule has 0 spiro atoms. The zero-order chi connectivity index (χ0) is 21.9. The maximum atomic E-state index is 14.9. The Hall–Kier alpha value is -3.47. The van der Waals surface area contributed by atoms with Crippen LogP contribution in [0.4, 0.5) is 9.18 Å². The third kappa shape index (κ3) is 4.15. The highest BCUT2D eigenvalue weighted by molar-refractivity contribution is 5.79. The molecule has 4 nitrogen and oxygen atoms in total. The van der Waals surface area contributed by atoms with Crippen molar-refractivity contribution in [3.8, 4) is 11.1 Å². The van der Waals surface area contributed by atoms with Gasteiger partial charge in [0.05, 0.1) is 6.04 Å². The van der Waals surface area contributed by atoms with Gasteiger partial charge in [-0.15, -0.1) is 0 Å². The molecule has 3 heterocycles. The van der Waals surface area contributed by atoms with E-state index in [0.29, 0.717) is 12.1 Å². The predicted octanol–water partition coefficient (Wildman–Crippen LogP) is 5.46. The van der Waals surface area contributed by atoms with Gasteiger partial charge in [-0.1, -0.05) is 48.5 Å². The molecule has 2 aliphatic rings.